The molecule has 0 aromatic heterocycles. The number of carbonyl (C=O) groups is 1. The number of benzene rings is 1. The lowest BCUT2D eigenvalue weighted by Crippen LogP contribution is -2.38. The monoisotopic (exact) mass is 282 g/mol. The summed E-state index contributed by atoms with van der Waals surface area (Å²) < 4.78 is 5.00. The molecule has 7 heteroatoms. The number of phenolic OH excluding ortho intramolecular Hbond substituents is 1. The Bertz CT molecular complexity index is 484. The maximum absolute atomic E-state index is 12.1. The molecule has 0 aliphatic heterocycles. The molecule has 0 fully saturated rings. The molecule has 110 valence electrons. The highest BCUT2D eigenvalue weighted by atomic mass is 16.6. The van der Waals surface area contributed by atoms with Gasteiger partial charge in [-0.15, -0.1) is 0 Å². The molecule has 1 aromatic carbocycles. The van der Waals surface area contributed by atoms with Crippen molar-refractivity contribution in [3.63, 3.8) is 0 Å². The summed E-state index contributed by atoms with van der Waals surface area (Å²) in [5, 5.41) is 23.0. The van der Waals surface area contributed by atoms with Crippen LogP contribution in [0.3, 0.4) is 0 Å². The molecule has 0 aliphatic carbocycles. The Labute approximate surface area is 116 Å². The van der Waals surface area contributed by atoms with Crippen LogP contribution in [-0.4, -0.2) is 35.7 Å². The zero-order valence-corrected chi connectivity index (χ0v) is 11.5. The van der Waals surface area contributed by atoms with Crippen LogP contribution in [0.25, 0.3) is 0 Å². The second-order valence-electron chi connectivity index (χ2n) is 4.37. The number of ether oxygens (including phenoxy) is 1. The highest BCUT2D eigenvalue weighted by molar-refractivity contribution is 5.98. The average Bonchev–Trinajstić information content (AvgIpc) is 2.38. The molecule has 1 unspecified atom stereocenters. The molecule has 0 aliphatic rings. The fourth-order valence-electron chi connectivity index (χ4n) is 1.88. The highest BCUT2D eigenvalue weighted by Gasteiger charge is 2.22. The number of nitro benzene ring substituents is 1. The quantitative estimate of drug-likeness (QED) is 0.587. The number of nitro groups is 1. The van der Waals surface area contributed by atoms with E-state index in [1.54, 1.807) is 0 Å². The van der Waals surface area contributed by atoms with Gasteiger partial charge < -0.3 is 15.2 Å². The second-order valence-corrected chi connectivity index (χ2v) is 4.37. The van der Waals surface area contributed by atoms with E-state index in [2.05, 4.69) is 5.32 Å². The molecule has 20 heavy (non-hydrogen) atoms. The number of hydrogen-bond acceptors (Lipinski definition) is 5. The summed E-state index contributed by atoms with van der Waals surface area (Å²) in [5.41, 5.74) is -0.500. The minimum absolute atomic E-state index is 0.160. The predicted molar refractivity (Wildman–Crippen MR) is 72.8 cm³/mol. The summed E-state index contributed by atoms with van der Waals surface area (Å²) in [5.74, 6) is -0.789. The Morgan fingerprint density at radius 2 is 2.25 bits per heavy atom. The van der Waals surface area contributed by atoms with Gasteiger partial charge in [-0.1, -0.05) is 13.3 Å². The molecule has 1 amide bonds. The van der Waals surface area contributed by atoms with Gasteiger partial charge in [-0.25, -0.2) is 0 Å². The van der Waals surface area contributed by atoms with Crippen LogP contribution in [0.1, 0.15) is 30.1 Å². The molecule has 1 aromatic rings. The number of amides is 1. The number of rotatable bonds is 7. The molecule has 0 spiro atoms. The van der Waals surface area contributed by atoms with Crippen LogP contribution >= 0.6 is 0 Å². The van der Waals surface area contributed by atoms with Crippen LogP contribution in [0.15, 0.2) is 18.2 Å². The van der Waals surface area contributed by atoms with Crippen molar-refractivity contribution in [2.45, 2.75) is 25.8 Å². The smallest absolute Gasteiger partial charge is 0.282 e. The van der Waals surface area contributed by atoms with Crippen molar-refractivity contribution >= 4 is 11.6 Å². The molecule has 0 bridgehead atoms. The second kappa shape index (κ2) is 7.44. The minimum atomic E-state index is -0.653. The molecular formula is C13H18N2O5. The Hall–Kier alpha value is -2.15. The first kappa shape index (κ1) is 15.9. The van der Waals surface area contributed by atoms with Crippen LogP contribution in [-0.2, 0) is 4.74 Å². The van der Waals surface area contributed by atoms with E-state index in [9.17, 15) is 20.0 Å². The van der Waals surface area contributed by atoms with Gasteiger partial charge in [-0.2, -0.15) is 0 Å². The third-order valence-electron chi connectivity index (χ3n) is 2.76. The van der Waals surface area contributed by atoms with Gasteiger partial charge in [0, 0.05) is 13.2 Å². The van der Waals surface area contributed by atoms with Crippen molar-refractivity contribution in [2.75, 3.05) is 13.7 Å². The zero-order valence-electron chi connectivity index (χ0n) is 11.5. The van der Waals surface area contributed by atoms with Crippen LogP contribution < -0.4 is 5.32 Å². The first-order valence-electron chi connectivity index (χ1n) is 6.26. The van der Waals surface area contributed by atoms with E-state index < -0.39 is 10.8 Å². The van der Waals surface area contributed by atoms with Crippen LogP contribution in [0.5, 0.6) is 5.75 Å². The van der Waals surface area contributed by atoms with Crippen molar-refractivity contribution in [1.29, 1.82) is 0 Å². The summed E-state index contributed by atoms with van der Waals surface area (Å²) in [4.78, 5) is 22.3. The molecule has 0 heterocycles. The number of hydrogen-bond donors (Lipinski definition) is 2. The third-order valence-corrected chi connectivity index (χ3v) is 2.76. The molecule has 7 nitrogen and oxygen atoms in total. The van der Waals surface area contributed by atoms with Crippen LogP contribution in [0.2, 0.25) is 0 Å². The van der Waals surface area contributed by atoms with E-state index in [4.69, 9.17) is 4.74 Å². The van der Waals surface area contributed by atoms with Crippen molar-refractivity contribution in [3.05, 3.63) is 33.9 Å². The largest absolute Gasteiger partial charge is 0.508 e. The predicted octanol–water partition coefficient (Wildman–Crippen LogP) is 1.85. The SMILES string of the molecule is CCCC(COC)NC(=O)c1cc(O)ccc1[N+](=O)[O-]. The van der Waals surface area contributed by atoms with Gasteiger partial charge in [-0.05, 0) is 18.6 Å². The van der Waals surface area contributed by atoms with Gasteiger partial charge in [0.15, 0.2) is 0 Å². The highest BCUT2D eigenvalue weighted by Crippen LogP contribution is 2.23. The van der Waals surface area contributed by atoms with E-state index in [1.807, 2.05) is 6.92 Å². The van der Waals surface area contributed by atoms with E-state index in [1.165, 1.54) is 13.2 Å². The van der Waals surface area contributed by atoms with Gasteiger partial charge in [-0.3, -0.25) is 14.9 Å². The fraction of sp³-hybridized carbons (Fsp3) is 0.462. The average molecular weight is 282 g/mol. The lowest BCUT2D eigenvalue weighted by molar-refractivity contribution is -0.385. The molecule has 0 saturated carbocycles. The van der Waals surface area contributed by atoms with Crippen molar-refractivity contribution in [3.8, 4) is 5.75 Å². The van der Waals surface area contributed by atoms with E-state index in [-0.39, 0.29) is 23.0 Å². The first-order chi connectivity index (χ1) is 9.49. The number of methoxy groups -OCH3 is 1. The first-order valence-corrected chi connectivity index (χ1v) is 6.26. The minimum Gasteiger partial charge on any atom is -0.508 e. The molecule has 1 rings (SSSR count). The Kier molecular flexibility index (Phi) is 5.92. The number of nitrogens with one attached hydrogen (secondary N) is 1. The summed E-state index contributed by atoms with van der Waals surface area (Å²) >= 11 is 0. The summed E-state index contributed by atoms with van der Waals surface area (Å²) in [7, 11) is 1.52. The van der Waals surface area contributed by atoms with E-state index >= 15 is 0 Å². The number of aromatic hydroxyl groups is 1. The lowest BCUT2D eigenvalue weighted by atomic mass is 10.1. The van der Waals surface area contributed by atoms with Gasteiger partial charge in [0.25, 0.3) is 11.6 Å². The topological polar surface area (TPSA) is 102 Å². The van der Waals surface area contributed by atoms with Crippen molar-refractivity contribution in [1.82, 2.24) is 5.32 Å². The molecular weight excluding hydrogens is 264 g/mol. The lowest BCUT2D eigenvalue weighted by Gasteiger charge is -2.17. The molecule has 0 radical (unpaired) electrons. The number of phenols is 1. The molecule has 0 saturated heterocycles. The summed E-state index contributed by atoms with van der Waals surface area (Å²) in [6.45, 7) is 2.29. The Morgan fingerprint density at radius 1 is 1.55 bits per heavy atom. The van der Waals surface area contributed by atoms with Gasteiger partial charge in [0.2, 0.25) is 0 Å². The third kappa shape index (κ3) is 4.20. The molecule has 1 atom stereocenters. The van der Waals surface area contributed by atoms with E-state index in [0.29, 0.717) is 13.0 Å². The van der Waals surface area contributed by atoms with Crippen molar-refractivity contribution < 1.29 is 19.6 Å². The summed E-state index contributed by atoms with van der Waals surface area (Å²) in [6.07, 6.45) is 1.54. The normalized spacial score (nSPS) is 11.9. The molecule has 2 N–H and O–H groups in total. The van der Waals surface area contributed by atoms with Crippen LogP contribution in [0.4, 0.5) is 5.69 Å². The van der Waals surface area contributed by atoms with Gasteiger partial charge >= 0.3 is 0 Å². The van der Waals surface area contributed by atoms with Crippen molar-refractivity contribution in [2.24, 2.45) is 0 Å². The fourth-order valence-corrected chi connectivity index (χ4v) is 1.88. The number of nitrogens with zero attached hydrogens (tertiary/aromatic N) is 1. The zero-order chi connectivity index (χ0) is 15.1. The Balaban J connectivity index is 2.95. The Morgan fingerprint density at radius 3 is 2.80 bits per heavy atom. The maximum Gasteiger partial charge on any atom is 0.282 e. The standard InChI is InChI=1S/C13H18N2O5/c1-3-4-9(8-20-2)14-13(17)11-7-10(16)5-6-12(11)15(18)19/h5-7,9,16H,3-4,8H2,1-2H3,(H,14,17). The summed E-state index contributed by atoms with van der Waals surface area (Å²) in [6, 6.07) is 3.14. The number of carbonyl (C=O) groups excluding carboxylic acids is 1. The maximum atomic E-state index is 12.1. The van der Waals surface area contributed by atoms with Gasteiger partial charge in [0.1, 0.15) is 11.3 Å². The van der Waals surface area contributed by atoms with E-state index in [0.717, 1.165) is 18.6 Å². The van der Waals surface area contributed by atoms with Gasteiger partial charge in [0.05, 0.1) is 17.6 Å². The van der Waals surface area contributed by atoms with Crippen LogP contribution in [0, 0.1) is 10.1 Å².